The van der Waals surface area contributed by atoms with Crippen LogP contribution in [0.4, 0.5) is 0 Å². The number of aryl methyl sites for hydroxylation is 1. The average Bonchev–Trinajstić information content (AvgIpc) is 2.67. The molecular weight excluding hydrogens is 234 g/mol. The van der Waals surface area contributed by atoms with Crippen LogP contribution in [0.5, 0.6) is 5.75 Å². The van der Waals surface area contributed by atoms with Crippen molar-refractivity contribution in [2.24, 2.45) is 0 Å². The Hall–Kier alpha value is -1.62. The molecule has 1 aromatic carbocycles. The first kappa shape index (κ1) is 11.9. The number of benzene rings is 1. The Morgan fingerprint density at radius 2 is 2.06 bits per heavy atom. The molecule has 1 aromatic heterocycles. The average molecular weight is 249 g/mol. The zero-order chi connectivity index (χ0) is 12.3. The summed E-state index contributed by atoms with van der Waals surface area (Å²) in [5.41, 5.74) is 4.42. The first-order valence-electron chi connectivity index (χ1n) is 5.31. The van der Waals surface area contributed by atoms with Crippen molar-refractivity contribution >= 4 is 12.6 Å². The summed E-state index contributed by atoms with van der Waals surface area (Å²) in [4.78, 5) is 4.16. The second-order valence-corrected chi connectivity index (χ2v) is 4.14. The SMILES string of the molecule is COc1ccc(CNn2c(S)cnc2C)cc1. The van der Waals surface area contributed by atoms with E-state index in [-0.39, 0.29) is 0 Å². The second kappa shape index (κ2) is 5.14. The molecule has 2 aromatic rings. The molecule has 0 aliphatic heterocycles. The number of nitrogens with zero attached hydrogens (tertiary/aromatic N) is 2. The molecule has 2 rings (SSSR count). The van der Waals surface area contributed by atoms with E-state index in [1.54, 1.807) is 13.3 Å². The van der Waals surface area contributed by atoms with Gasteiger partial charge in [-0.2, -0.15) is 0 Å². The summed E-state index contributed by atoms with van der Waals surface area (Å²) in [6.45, 7) is 2.65. The van der Waals surface area contributed by atoms with Crippen LogP contribution in [-0.2, 0) is 6.54 Å². The number of hydrogen-bond acceptors (Lipinski definition) is 4. The van der Waals surface area contributed by atoms with Crippen molar-refractivity contribution in [1.29, 1.82) is 0 Å². The molecule has 5 heteroatoms. The summed E-state index contributed by atoms with van der Waals surface area (Å²) >= 11 is 4.31. The minimum Gasteiger partial charge on any atom is -0.497 e. The third kappa shape index (κ3) is 2.74. The number of aromatic nitrogens is 2. The largest absolute Gasteiger partial charge is 0.497 e. The zero-order valence-electron chi connectivity index (χ0n) is 9.84. The van der Waals surface area contributed by atoms with Crippen LogP contribution in [-0.4, -0.2) is 16.8 Å². The van der Waals surface area contributed by atoms with Gasteiger partial charge in [-0.05, 0) is 24.6 Å². The van der Waals surface area contributed by atoms with Crippen LogP contribution < -0.4 is 10.2 Å². The first-order chi connectivity index (χ1) is 8.20. The van der Waals surface area contributed by atoms with E-state index in [4.69, 9.17) is 4.74 Å². The van der Waals surface area contributed by atoms with Crippen molar-refractivity contribution in [1.82, 2.24) is 9.66 Å². The van der Waals surface area contributed by atoms with E-state index in [1.807, 2.05) is 35.9 Å². The second-order valence-electron chi connectivity index (χ2n) is 3.68. The van der Waals surface area contributed by atoms with Crippen molar-refractivity contribution in [2.75, 3.05) is 12.5 Å². The highest BCUT2D eigenvalue weighted by Crippen LogP contribution is 2.12. The highest BCUT2D eigenvalue weighted by Gasteiger charge is 2.02. The first-order valence-corrected chi connectivity index (χ1v) is 5.75. The molecule has 0 aliphatic rings. The van der Waals surface area contributed by atoms with E-state index >= 15 is 0 Å². The van der Waals surface area contributed by atoms with E-state index in [2.05, 4.69) is 23.0 Å². The Labute approximate surface area is 106 Å². The lowest BCUT2D eigenvalue weighted by Gasteiger charge is -2.11. The monoisotopic (exact) mass is 249 g/mol. The van der Waals surface area contributed by atoms with Crippen molar-refractivity contribution in [3.8, 4) is 5.75 Å². The van der Waals surface area contributed by atoms with Gasteiger partial charge in [-0.3, -0.25) is 0 Å². The van der Waals surface area contributed by atoms with Gasteiger partial charge in [-0.1, -0.05) is 12.1 Å². The van der Waals surface area contributed by atoms with Gasteiger partial charge in [0.1, 0.15) is 16.6 Å². The van der Waals surface area contributed by atoms with E-state index in [1.165, 1.54) is 5.56 Å². The molecule has 0 unspecified atom stereocenters. The van der Waals surface area contributed by atoms with Crippen molar-refractivity contribution < 1.29 is 4.74 Å². The molecule has 4 nitrogen and oxygen atoms in total. The van der Waals surface area contributed by atoms with Gasteiger partial charge in [-0.25, -0.2) is 9.66 Å². The Kier molecular flexibility index (Phi) is 3.58. The maximum atomic E-state index is 5.11. The predicted octanol–water partition coefficient (Wildman–Crippen LogP) is 2.23. The number of ether oxygens (including phenoxy) is 1. The fourth-order valence-corrected chi connectivity index (χ4v) is 1.81. The number of imidazole rings is 1. The lowest BCUT2D eigenvalue weighted by Crippen LogP contribution is -2.16. The molecule has 0 bridgehead atoms. The summed E-state index contributed by atoms with van der Waals surface area (Å²) in [5.74, 6) is 1.76. The predicted molar refractivity (Wildman–Crippen MR) is 70.3 cm³/mol. The number of thiol groups is 1. The number of methoxy groups -OCH3 is 1. The van der Waals surface area contributed by atoms with Gasteiger partial charge in [0, 0.05) is 0 Å². The molecule has 17 heavy (non-hydrogen) atoms. The molecule has 0 amide bonds. The van der Waals surface area contributed by atoms with Crippen molar-refractivity contribution in [2.45, 2.75) is 18.5 Å². The molecule has 0 aliphatic carbocycles. The van der Waals surface area contributed by atoms with Gasteiger partial charge >= 0.3 is 0 Å². The summed E-state index contributed by atoms with van der Waals surface area (Å²) in [6, 6.07) is 7.94. The lowest BCUT2D eigenvalue weighted by molar-refractivity contribution is 0.414. The molecule has 0 fully saturated rings. The summed E-state index contributed by atoms with van der Waals surface area (Å²) in [7, 11) is 1.66. The Morgan fingerprint density at radius 3 is 2.59 bits per heavy atom. The normalized spacial score (nSPS) is 10.3. The molecule has 1 N–H and O–H groups in total. The topological polar surface area (TPSA) is 39.1 Å². The van der Waals surface area contributed by atoms with Crippen LogP contribution in [0.15, 0.2) is 35.5 Å². The Morgan fingerprint density at radius 1 is 1.35 bits per heavy atom. The van der Waals surface area contributed by atoms with Gasteiger partial charge in [-0.15, -0.1) is 12.6 Å². The molecule has 0 spiro atoms. The van der Waals surface area contributed by atoms with Crippen LogP contribution in [0.25, 0.3) is 0 Å². The zero-order valence-corrected chi connectivity index (χ0v) is 10.7. The van der Waals surface area contributed by atoms with Crippen molar-refractivity contribution in [3.63, 3.8) is 0 Å². The summed E-state index contributed by atoms with van der Waals surface area (Å²) < 4.78 is 6.96. The Balaban J connectivity index is 2.02. The maximum Gasteiger partial charge on any atom is 0.125 e. The molecule has 0 radical (unpaired) electrons. The molecule has 0 atom stereocenters. The number of rotatable bonds is 4. The summed E-state index contributed by atoms with van der Waals surface area (Å²) in [5, 5.41) is 0.802. The van der Waals surface area contributed by atoms with Gasteiger partial charge in [0.05, 0.1) is 19.9 Å². The van der Waals surface area contributed by atoms with E-state index in [0.717, 1.165) is 23.1 Å². The van der Waals surface area contributed by atoms with Crippen LogP contribution >= 0.6 is 12.6 Å². The number of nitrogens with one attached hydrogen (secondary N) is 1. The third-order valence-corrected chi connectivity index (χ3v) is 2.84. The van der Waals surface area contributed by atoms with Crippen LogP contribution in [0.1, 0.15) is 11.4 Å². The van der Waals surface area contributed by atoms with Gasteiger partial charge in [0.15, 0.2) is 0 Å². The highest BCUT2D eigenvalue weighted by atomic mass is 32.1. The fourth-order valence-electron chi connectivity index (χ4n) is 1.54. The van der Waals surface area contributed by atoms with Crippen molar-refractivity contribution in [3.05, 3.63) is 41.9 Å². The maximum absolute atomic E-state index is 5.11. The van der Waals surface area contributed by atoms with Gasteiger partial charge in [0.25, 0.3) is 0 Å². The molecule has 90 valence electrons. The smallest absolute Gasteiger partial charge is 0.125 e. The standard InChI is InChI=1S/C12H15N3OS/c1-9-13-8-12(17)15(9)14-7-10-3-5-11(16-2)6-4-10/h3-6,8,14,17H,7H2,1-2H3. The van der Waals surface area contributed by atoms with Gasteiger partial charge in [0.2, 0.25) is 0 Å². The quantitative estimate of drug-likeness (QED) is 0.816. The fraction of sp³-hybridized carbons (Fsp3) is 0.250. The number of hydrogen-bond donors (Lipinski definition) is 2. The van der Waals surface area contributed by atoms with Gasteiger partial charge < -0.3 is 10.2 Å². The molecule has 0 saturated carbocycles. The molecule has 0 saturated heterocycles. The molecule has 1 heterocycles. The molecular formula is C12H15N3OS. The van der Waals surface area contributed by atoms with Crippen LogP contribution in [0.3, 0.4) is 0 Å². The van der Waals surface area contributed by atoms with Crippen LogP contribution in [0.2, 0.25) is 0 Å². The summed E-state index contributed by atoms with van der Waals surface area (Å²) in [6.07, 6.45) is 1.72. The minimum atomic E-state index is 0.717. The third-order valence-electron chi connectivity index (χ3n) is 2.52. The lowest BCUT2D eigenvalue weighted by atomic mass is 10.2. The van der Waals surface area contributed by atoms with Crippen LogP contribution in [0, 0.1) is 6.92 Å². The van der Waals surface area contributed by atoms with E-state index in [9.17, 15) is 0 Å². The minimum absolute atomic E-state index is 0.717. The Bertz CT molecular complexity index is 473. The van der Waals surface area contributed by atoms with E-state index in [0.29, 0.717) is 0 Å². The van der Waals surface area contributed by atoms with E-state index < -0.39 is 0 Å². The highest BCUT2D eigenvalue weighted by molar-refractivity contribution is 7.80.